The van der Waals surface area contributed by atoms with Crippen molar-refractivity contribution >= 4 is 10.2 Å². The highest BCUT2D eigenvalue weighted by molar-refractivity contribution is 7.87. The van der Waals surface area contributed by atoms with Gasteiger partial charge in [0.15, 0.2) is 5.82 Å². The lowest BCUT2D eigenvalue weighted by atomic mass is 10.00. The molecule has 8 nitrogen and oxygen atoms in total. The Morgan fingerprint density at radius 2 is 2.29 bits per heavy atom. The van der Waals surface area contributed by atoms with Crippen LogP contribution in [0.4, 0.5) is 0 Å². The molecule has 0 spiro atoms. The fraction of sp³-hybridized carbons (Fsp3) is 0.833. The lowest BCUT2D eigenvalue weighted by molar-refractivity contribution is 0.261. The average Bonchev–Trinajstić information content (AvgIpc) is 2.85. The number of nitrogens with zero attached hydrogens (tertiary/aromatic N) is 4. The van der Waals surface area contributed by atoms with Crippen LogP contribution in [0, 0.1) is 5.92 Å². The molecule has 1 unspecified atom stereocenters. The van der Waals surface area contributed by atoms with E-state index in [9.17, 15) is 8.42 Å². The first-order chi connectivity index (χ1) is 10.0. The topological polar surface area (TPSA) is 92.2 Å². The molecule has 2 rings (SSSR count). The van der Waals surface area contributed by atoms with Gasteiger partial charge < -0.3 is 5.32 Å². The molecule has 1 aromatic heterocycles. The second-order valence-corrected chi connectivity index (χ2v) is 7.16. The van der Waals surface area contributed by atoms with Crippen molar-refractivity contribution in [3.05, 3.63) is 12.2 Å². The molecule has 0 aliphatic carbocycles. The molecule has 1 atom stereocenters. The van der Waals surface area contributed by atoms with Crippen LogP contribution in [0.25, 0.3) is 0 Å². The van der Waals surface area contributed by atoms with Gasteiger partial charge in [-0.15, -0.1) is 0 Å². The molecule has 120 valence electrons. The standard InChI is InChI=1S/C12H24N6O2S/c1-13-8-11-4-3-7-18(9-11)21(19,20)15-6-5-12-14-10-17(2)16-12/h10-11,13,15H,3-9H2,1-2H3. The second-order valence-electron chi connectivity index (χ2n) is 5.41. The van der Waals surface area contributed by atoms with Crippen LogP contribution in [-0.4, -0.2) is 60.7 Å². The average molecular weight is 316 g/mol. The fourth-order valence-electron chi connectivity index (χ4n) is 2.58. The van der Waals surface area contributed by atoms with Crippen molar-refractivity contribution < 1.29 is 8.42 Å². The van der Waals surface area contributed by atoms with Gasteiger partial charge in [-0.05, 0) is 32.4 Å². The molecule has 0 bridgehead atoms. The summed E-state index contributed by atoms with van der Waals surface area (Å²) in [5, 5.41) is 7.24. The maximum Gasteiger partial charge on any atom is 0.279 e. The van der Waals surface area contributed by atoms with E-state index in [4.69, 9.17) is 0 Å². The summed E-state index contributed by atoms with van der Waals surface area (Å²) >= 11 is 0. The first kappa shape index (κ1) is 16.3. The van der Waals surface area contributed by atoms with Gasteiger partial charge in [0.05, 0.1) is 0 Å². The van der Waals surface area contributed by atoms with Gasteiger partial charge in [0.2, 0.25) is 0 Å². The van der Waals surface area contributed by atoms with Gasteiger partial charge in [0, 0.05) is 33.1 Å². The zero-order chi connectivity index (χ0) is 15.3. The molecule has 0 saturated carbocycles. The number of hydrogen-bond acceptors (Lipinski definition) is 5. The Bertz CT molecular complexity index is 542. The lowest BCUT2D eigenvalue weighted by Crippen LogP contribution is -2.47. The highest BCUT2D eigenvalue weighted by atomic mass is 32.2. The molecule has 0 amide bonds. The predicted octanol–water partition coefficient (Wildman–Crippen LogP) is -0.877. The van der Waals surface area contributed by atoms with Gasteiger partial charge in [-0.2, -0.15) is 17.8 Å². The number of hydrogen-bond donors (Lipinski definition) is 2. The Hall–Kier alpha value is -1.03. The summed E-state index contributed by atoms with van der Waals surface area (Å²) in [7, 11) is 0.278. The zero-order valence-corrected chi connectivity index (χ0v) is 13.4. The number of nitrogens with one attached hydrogen (secondary N) is 2. The van der Waals surface area contributed by atoms with Crippen molar-refractivity contribution in [2.75, 3.05) is 33.2 Å². The number of aromatic nitrogens is 3. The predicted molar refractivity (Wildman–Crippen MR) is 79.9 cm³/mol. The maximum atomic E-state index is 12.3. The molecular formula is C12H24N6O2S. The highest BCUT2D eigenvalue weighted by Crippen LogP contribution is 2.17. The molecule has 1 aliphatic rings. The summed E-state index contributed by atoms with van der Waals surface area (Å²) in [5.74, 6) is 1.03. The quantitative estimate of drug-likeness (QED) is 0.682. The molecule has 2 heterocycles. The first-order valence-electron chi connectivity index (χ1n) is 7.25. The summed E-state index contributed by atoms with van der Waals surface area (Å²) in [6, 6.07) is 0. The van der Waals surface area contributed by atoms with E-state index in [2.05, 4.69) is 20.1 Å². The lowest BCUT2D eigenvalue weighted by Gasteiger charge is -2.31. The SMILES string of the molecule is CNCC1CCCN(S(=O)(=O)NCCc2ncn(C)n2)C1. The first-order valence-corrected chi connectivity index (χ1v) is 8.69. The van der Waals surface area contributed by atoms with Crippen LogP contribution in [0.5, 0.6) is 0 Å². The van der Waals surface area contributed by atoms with Crippen molar-refractivity contribution in [3.63, 3.8) is 0 Å². The smallest absolute Gasteiger partial charge is 0.279 e. The Morgan fingerprint density at radius 1 is 1.48 bits per heavy atom. The third-order valence-corrected chi connectivity index (χ3v) is 5.17. The molecule has 9 heteroatoms. The second kappa shape index (κ2) is 7.30. The van der Waals surface area contributed by atoms with Crippen molar-refractivity contribution in [1.82, 2.24) is 29.1 Å². The molecule has 1 saturated heterocycles. The van der Waals surface area contributed by atoms with E-state index in [-0.39, 0.29) is 0 Å². The third kappa shape index (κ3) is 4.73. The Morgan fingerprint density at radius 3 is 2.95 bits per heavy atom. The molecule has 0 radical (unpaired) electrons. The molecule has 1 fully saturated rings. The third-order valence-electron chi connectivity index (χ3n) is 3.59. The molecule has 0 aromatic carbocycles. The summed E-state index contributed by atoms with van der Waals surface area (Å²) in [4.78, 5) is 4.08. The largest absolute Gasteiger partial charge is 0.319 e. The van der Waals surface area contributed by atoms with Gasteiger partial charge in [0.1, 0.15) is 6.33 Å². The molecule has 1 aliphatic heterocycles. The highest BCUT2D eigenvalue weighted by Gasteiger charge is 2.28. The van der Waals surface area contributed by atoms with E-state index in [0.29, 0.717) is 37.8 Å². The summed E-state index contributed by atoms with van der Waals surface area (Å²) in [6.07, 6.45) is 4.09. The van der Waals surface area contributed by atoms with Gasteiger partial charge in [-0.1, -0.05) is 0 Å². The normalized spacial score (nSPS) is 20.8. The van der Waals surface area contributed by atoms with Crippen molar-refractivity contribution in [1.29, 1.82) is 0 Å². The van der Waals surface area contributed by atoms with Crippen LogP contribution in [0.1, 0.15) is 18.7 Å². The van der Waals surface area contributed by atoms with Crippen LogP contribution in [-0.2, 0) is 23.7 Å². The molecular weight excluding hydrogens is 292 g/mol. The number of aryl methyl sites for hydroxylation is 1. The van der Waals surface area contributed by atoms with Crippen LogP contribution in [0.3, 0.4) is 0 Å². The van der Waals surface area contributed by atoms with E-state index in [0.717, 1.165) is 19.4 Å². The minimum Gasteiger partial charge on any atom is -0.319 e. The molecule has 1 aromatic rings. The van der Waals surface area contributed by atoms with Gasteiger partial charge >= 0.3 is 0 Å². The zero-order valence-electron chi connectivity index (χ0n) is 12.6. The van der Waals surface area contributed by atoms with Crippen molar-refractivity contribution in [2.24, 2.45) is 13.0 Å². The maximum absolute atomic E-state index is 12.3. The molecule has 2 N–H and O–H groups in total. The summed E-state index contributed by atoms with van der Waals surface area (Å²) in [6.45, 7) is 2.35. The Balaban J connectivity index is 1.83. The summed E-state index contributed by atoms with van der Waals surface area (Å²) < 4.78 is 30.3. The van der Waals surface area contributed by atoms with Crippen LogP contribution in [0.2, 0.25) is 0 Å². The minimum atomic E-state index is -3.40. The van der Waals surface area contributed by atoms with Gasteiger partial charge in [-0.3, -0.25) is 4.68 Å². The van der Waals surface area contributed by atoms with Crippen molar-refractivity contribution in [3.8, 4) is 0 Å². The van der Waals surface area contributed by atoms with E-state index in [1.54, 1.807) is 22.4 Å². The van der Waals surface area contributed by atoms with E-state index in [1.807, 2.05) is 7.05 Å². The van der Waals surface area contributed by atoms with E-state index >= 15 is 0 Å². The minimum absolute atomic E-state index is 0.319. The number of rotatable bonds is 7. The monoisotopic (exact) mass is 316 g/mol. The van der Waals surface area contributed by atoms with Crippen LogP contribution < -0.4 is 10.0 Å². The number of piperidine rings is 1. The Labute approximate surface area is 126 Å². The Kier molecular flexibility index (Phi) is 5.68. The fourth-order valence-corrected chi connectivity index (χ4v) is 3.90. The van der Waals surface area contributed by atoms with Gasteiger partial charge in [0.25, 0.3) is 10.2 Å². The van der Waals surface area contributed by atoms with Crippen LogP contribution in [0.15, 0.2) is 6.33 Å². The van der Waals surface area contributed by atoms with Crippen LogP contribution >= 0.6 is 0 Å². The van der Waals surface area contributed by atoms with Gasteiger partial charge in [-0.25, -0.2) is 9.71 Å². The van der Waals surface area contributed by atoms with Crippen molar-refractivity contribution in [2.45, 2.75) is 19.3 Å². The van der Waals surface area contributed by atoms with E-state index < -0.39 is 10.2 Å². The molecule has 21 heavy (non-hydrogen) atoms. The van der Waals surface area contributed by atoms with E-state index in [1.165, 1.54) is 0 Å². The summed E-state index contributed by atoms with van der Waals surface area (Å²) in [5.41, 5.74) is 0.